The van der Waals surface area contributed by atoms with Crippen molar-refractivity contribution in [2.75, 3.05) is 24.5 Å². The van der Waals surface area contributed by atoms with Gasteiger partial charge >= 0.3 is 0 Å². The van der Waals surface area contributed by atoms with E-state index in [1.807, 2.05) is 38.1 Å². The van der Waals surface area contributed by atoms with Crippen molar-refractivity contribution in [2.24, 2.45) is 0 Å². The van der Waals surface area contributed by atoms with Crippen LogP contribution >= 0.6 is 23.2 Å². The Kier molecular flexibility index (Phi) is 7.29. The van der Waals surface area contributed by atoms with Crippen LogP contribution < -0.4 is 14.9 Å². The number of anilines is 1. The van der Waals surface area contributed by atoms with Crippen molar-refractivity contribution in [3.8, 4) is 0 Å². The number of benzene rings is 2. The third-order valence-electron chi connectivity index (χ3n) is 4.96. The maximum absolute atomic E-state index is 12.7. The van der Waals surface area contributed by atoms with Crippen molar-refractivity contribution in [1.29, 1.82) is 0 Å². The molecule has 3 rings (SSSR count). The summed E-state index contributed by atoms with van der Waals surface area (Å²) in [5.74, 6) is -0.444. The first-order valence-electron chi connectivity index (χ1n) is 9.83. The lowest BCUT2D eigenvalue weighted by molar-refractivity contribution is 0.0954. The van der Waals surface area contributed by atoms with Gasteiger partial charge < -0.3 is 10.2 Å². The molecule has 1 aliphatic carbocycles. The second-order valence-electron chi connectivity index (χ2n) is 7.28. The molecule has 0 unspecified atom stereocenters. The molecule has 9 heteroatoms. The Balaban J connectivity index is 1.70. The van der Waals surface area contributed by atoms with Gasteiger partial charge in [0, 0.05) is 31.4 Å². The maximum Gasteiger partial charge on any atom is 0.252 e. The molecule has 6 nitrogen and oxygen atoms in total. The van der Waals surface area contributed by atoms with Crippen molar-refractivity contribution in [3.63, 3.8) is 0 Å². The fraction of sp³-hybridized carbons (Fsp3) is 0.381. The van der Waals surface area contributed by atoms with Crippen LogP contribution in [-0.2, 0) is 10.0 Å². The molecule has 1 amide bonds. The first kappa shape index (κ1) is 22.9. The number of amides is 1. The average Bonchev–Trinajstić information content (AvgIpc) is 3.49. The van der Waals surface area contributed by atoms with E-state index in [-0.39, 0.29) is 26.5 Å². The zero-order valence-electron chi connectivity index (χ0n) is 16.9. The van der Waals surface area contributed by atoms with E-state index >= 15 is 0 Å². The molecule has 0 aliphatic heterocycles. The topological polar surface area (TPSA) is 78.5 Å². The van der Waals surface area contributed by atoms with Crippen LogP contribution in [-0.4, -0.2) is 40.0 Å². The molecular weight excluding hydrogens is 445 g/mol. The number of carbonyl (C=O) groups excluding carboxylic acids is 1. The zero-order valence-corrected chi connectivity index (χ0v) is 19.2. The van der Waals surface area contributed by atoms with Crippen LogP contribution in [0.5, 0.6) is 0 Å². The van der Waals surface area contributed by atoms with Crippen LogP contribution in [0.1, 0.15) is 35.7 Å². The molecule has 0 aromatic heterocycles. The number of sulfonamides is 1. The highest BCUT2D eigenvalue weighted by molar-refractivity contribution is 7.89. The van der Waals surface area contributed by atoms with Crippen molar-refractivity contribution < 1.29 is 13.2 Å². The molecule has 2 N–H and O–H groups in total. The number of rotatable bonds is 9. The second kappa shape index (κ2) is 9.56. The van der Waals surface area contributed by atoms with Gasteiger partial charge in [-0.25, -0.2) is 13.1 Å². The van der Waals surface area contributed by atoms with E-state index in [1.54, 1.807) is 0 Å². The summed E-state index contributed by atoms with van der Waals surface area (Å²) in [7, 11) is -3.81. The Morgan fingerprint density at radius 3 is 2.50 bits per heavy atom. The third-order valence-corrected chi connectivity index (χ3v) is 7.26. The summed E-state index contributed by atoms with van der Waals surface area (Å²) >= 11 is 12.3. The van der Waals surface area contributed by atoms with Gasteiger partial charge in [-0.2, -0.15) is 0 Å². The number of nitrogens with one attached hydrogen (secondary N) is 2. The minimum absolute atomic E-state index is 0.0126. The van der Waals surface area contributed by atoms with Gasteiger partial charge in [0.05, 0.1) is 15.6 Å². The van der Waals surface area contributed by atoms with E-state index in [1.165, 1.54) is 12.1 Å². The lowest BCUT2D eigenvalue weighted by Crippen LogP contribution is -2.35. The van der Waals surface area contributed by atoms with Crippen LogP contribution in [0.4, 0.5) is 5.69 Å². The fourth-order valence-corrected chi connectivity index (χ4v) is 5.32. The lowest BCUT2D eigenvalue weighted by atomic mass is 10.2. The Hall–Kier alpha value is -1.80. The molecule has 0 heterocycles. The Bertz CT molecular complexity index is 1040. The van der Waals surface area contributed by atoms with Gasteiger partial charge in [0.2, 0.25) is 10.0 Å². The normalized spacial score (nSPS) is 13.9. The van der Waals surface area contributed by atoms with Gasteiger partial charge in [0.25, 0.3) is 5.91 Å². The molecule has 0 spiro atoms. The third kappa shape index (κ3) is 5.46. The molecule has 162 valence electrons. The number of nitrogens with zero attached hydrogens (tertiary/aromatic N) is 1. The molecule has 0 bridgehead atoms. The van der Waals surface area contributed by atoms with Crippen LogP contribution in [0.3, 0.4) is 0 Å². The fourth-order valence-electron chi connectivity index (χ4n) is 3.16. The predicted molar refractivity (Wildman–Crippen MR) is 121 cm³/mol. The molecule has 2 aromatic carbocycles. The molecule has 30 heavy (non-hydrogen) atoms. The van der Waals surface area contributed by atoms with Gasteiger partial charge in [-0.3, -0.25) is 4.79 Å². The molecule has 0 radical (unpaired) electrons. The zero-order chi connectivity index (χ0) is 21.9. The van der Waals surface area contributed by atoms with Gasteiger partial charge in [-0.15, -0.1) is 0 Å². The number of likely N-dealkylation sites (N-methyl/N-ethyl adjacent to an activating group) is 1. The minimum Gasteiger partial charge on any atom is -0.370 e. The first-order chi connectivity index (χ1) is 14.2. The quantitative estimate of drug-likeness (QED) is 0.581. The molecule has 1 fully saturated rings. The molecule has 0 saturated heterocycles. The highest BCUT2D eigenvalue weighted by atomic mass is 35.5. The summed E-state index contributed by atoms with van der Waals surface area (Å²) in [6, 6.07) is 10.5. The first-order valence-corrected chi connectivity index (χ1v) is 12.1. The van der Waals surface area contributed by atoms with Crippen LogP contribution in [0.2, 0.25) is 10.0 Å². The van der Waals surface area contributed by atoms with Crippen molar-refractivity contribution in [2.45, 2.75) is 37.6 Å². The summed E-state index contributed by atoms with van der Waals surface area (Å²) < 4.78 is 27.7. The van der Waals surface area contributed by atoms with Gasteiger partial charge in [0.15, 0.2) is 0 Å². The van der Waals surface area contributed by atoms with Crippen molar-refractivity contribution >= 4 is 44.8 Å². The number of carbonyl (C=O) groups is 1. The summed E-state index contributed by atoms with van der Waals surface area (Å²) in [6.45, 7) is 5.86. The number of hydrogen-bond acceptors (Lipinski definition) is 4. The van der Waals surface area contributed by atoms with E-state index in [2.05, 4.69) is 14.9 Å². The number of hydrogen-bond donors (Lipinski definition) is 2. The van der Waals surface area contributed by atoms with Crippen molar-refractivity contribution in [1.82, 2.24) is 10.0 Å². The monoisotopic (exact) mass is 469 g/mol. The van der Waals surface area contributed by atoms with Crippen LogP contribution in [0, 0.1) is 6.92 Å². The number of para-hydroxylation sites is 1. The predicted octanol–water partition coefficient (Wildman–Crippen LogP) is 4.00. The number of halogens is 2. The van der Waals surface area contributed by atoms with Crippen LogP contribution in [0.25, 0.3) is 0 Å². The summed E-state index contributed by atoms with van der Waals surface area (Å²) in [6.07, 6.45) is 1.60. The van der Waals surface area contributed by atoms with Crippen molar-refractivity contribution in [3.05, 3.63) is 57.6 Å². The van der Waals surface area contributed by atoms with E-state index in [0.717, 1.165) is 30.6 Å². The largest absolute Gasteiger partial charge is 0.370 e. The number of aryl methyl sites for hydroxylation is 1. The smallest absolute Gasteiger partial charge is 0.252 e. The van der Waals surface area contributed by atoms with Gasteiger partial charge in [-0.1, -0.05) is 41.4 Å². The second-order valence-corrected chi connectivity index (χ2v) is 9.78. The van der Waals surface area contributed by atoms with Crippen LogP contribution in [0.15, 0.2) is 41.3 Å². The average molecular weight is 470 g/mol. The maximum atomic E-state index is 12.7. The van der Waals surface area contributed by atoms with E-state index in [0.29, 0.717) is 13.1 Å². The lowest BCUT2D eigenvalue weighted by Gasteiger charge is -2.25. The molecule has 0 atom stereocenters. The SMILES string of the molecule is CCN(CCNC(=O)c1cc(S(=O)(=O)NC2CC2)c(Cl)cc1Cl)c1ccccc1C. The standard InChI is InChI=1S/C21H25Cl2N3O3S/c1-3-26(19-7-5-4-6-14(19)2)11-10-24-21(27)16-12-20(18(23)13-17(16)22)30(28,29)25-15-8-9-15/h4-7,12-13,15,25H,3,8-11H2,1-2H3,(H,24,27). The summed E-state index contributed by atoms with van der Waals surface area (Å²) in [5.41, 5.74) is 2.35. The van der Waals surface area contributed by atoms with E-state index in [9.17, 15) is 13.2 Å². The molecule has 2 aromatic rings. The summed E-state index contributed by atoms with van der Waals surface area (Å²) in [4.78, 5) is 14.7. The molecule has 1 saturated carbocycles. The highest BCUT2D eigenvalue weighted by Crippen LogP contribution is 2.30. The van der Waals surface area contributed by atoms with E-state index in [4.69, 9.17) is 23.2 Å². The Morgan fingerprint density at radius 2 is 1.87 bits per heavy atom. The summed E-state index contributed by atoms with van der Waals surface area (Å²) in [5, 5.41) is 2.91. The Labute approximate surface area is 187 Å². The molecular formula is C21H25Cl2N3O3S. The van der Waals surface area contributed by atoms with Gasteiger partial charge in [-0.05, 0) is 50.5 Å². The van der Waals surface area contributed by atoms with Gasteiger partial charge in [0.1, 0.15) is 4.90 Å². The Morgan fingerprint density at radius 1 is 1.17 bits per heavy atom. The minimum atomic E-state index is -3.81. The van der Waals surface area contributed by atoms with E-state index < -0.39 is 15.9 Å². The molecule has 1 aliphatic rings. The highest BCUT2D eigenvalue weighted by Gasteiger charge is 2.30.